The van der Waals surface area contributed by atoms with Crippen molar-refractivity contribution >= 4 is 17.7 Å². The number of likely N-dealkylation sites (tertiary alicyclic amines) is 1. The molecule has 154 valence electrons. The Morgan fingerprint density at radius 3 is 1.87 bits per heavy atom. The van der Waals surface area contributed by atoms with Gasteiger partial charge in [-0.3, -0.25) is 4.79 Å². The lowest BCUT2D eigenvalue weighted by Crippen LogP contribution is -2.38. The monoisotopic (exact) mass is 415 g/mol. The van der Waals surface area contributed by atoms with Crippen LogP contribution in [0, 0.1) is 5.92 Å². The van der Waals surface area contributed by atoms with Crippen molar-refractivity contribution in [3.8, 4) is 0 Å². The van der Waals surface area contributed by atoms with Gasteiger partial charge in [-0.25, -0.2) is 0 Å². The lowest BCUT2D eigenvalue weighted by molar-refractivity contribution is 0.0690. The predicted octanol–water partition coefficient (Wildman–Crippen LogP) is 6.21. The highest BCUT2D eigenvalue weighted by Gasteiger charge is 2.23. The van der Waals surface area contributed by atoms with E-state index in [1.54, 1.807) is 0 Å². The highest BCUT2D eigenvalue weighted by atomic mass is 32.2. The summed E-state index contributed by atoms with van der Waals surface area (Å²) in [4.78, 5) is 14.9. The van der Waals surface area contributed by atoms with E-state index < -0.39 is 0 Å². The summed E-state index contributed by atoms with van der Waals surface area (Å²) in [5, 5.41) is 0. The minimum atomic E-state index is 0.177. The van der Waals surface area contributed by atoms with E-state index in [4.69, 9.17) is 0 Å². The van der Waals surface area contributed by atoms with Crippen molar-refractivity contribution in [2.24, 2.45) is 5.92 Å². The van der Waals surface area contributed by atoms with E-state index in [9.17, 15) is 4.79 Å². The van der Waals surface area contributed by atoms with Gasteiger partial charge < -0.3 is 4.90 Å². The fourth-order valence-electron chi connectivity index (χ4n) is 4.07. The zero-order valence-electron chi connectivity index (χ0n) is 17.4. The zero-order chi connectivity index (χ0) is 20.6. The molecule has 0 aliphatic carbocycles. The molecule has 0 aromatic heterocycles. The second kappa shape index (κ2) is 10.5. The van der Waals surface area contributed by atoms with Gasteiger partial charge in [0.1, 0.15) is 0 Å². The van der Waals surface area contributed by atoms with Crippen LogP contribution in [0.25, 0.3) is 0 Å². The SMILES string of the molecule is O=C(c1ccc(CSCc2ccccc2)cc1)N1CCC(Cc2ccccc2)CC1. The van der Waals surface area contributed by atoms with Gasteiger partial charge in [0.05, 0.1) is 0 Å². The van der Waals surface area contributed by atoms with Crippen molar-refractivity contribution in [2.75, 3.05) is 13.1 Å². The Labute approximate surface area is 184 Å². The molecule has 1 heterocycles. The lowest BCUT2D eigenvalue weighted by Gasteiger charge is -2.32. The topological polar surface area (TPSA) is 20.3 Å². The van der Waals surface area contributed by atoms with E-state index >= 15 is 0 Å². The summed E-state index contributed by atoms with van der Waals surface area (Å²) in [7, 11) is 0. The van der Waals surface area contributed by atoms with Crippen LogP contribution in [0.4, 0.5) is 0 Å². The fraction of sp³-hybridized carbons (Fsp3) is 0.296. The molecule has 3 aromatic carbocycles. The van der Waals surface area contributed by atoms with Crippen molar-refractivity contribution in [3.63, 3.8) is 0 Å². The summed E-state index contributed by atoms with van der Waals surface area (Å²) < 4.78 is 0. The molecule has 4 rings (SSSR count). The molecule has 2 nitrogen and oxygen atoms in total. The molecule has 0 spiro atoms. The van der Waals surface area contributed by atoms with Crippen molar-refractivity contribution in [1.82, 2.24) is 4.90 Å². The Balaban J connectivity index is 1.24. The first kappa shape index (κ1) is 20.7. The summed E-state index contributed by atoms with van der Waals surface area (Å²) in [6, 6.07) is 29.4. The number of amides is 1. The van der Waals surface area contributed by atoms with Crippen LogP contribution in [0.3, 0.4) is 0 Å². The molecule has 0 bridgehead atoms. The molecular weight excluding hydrogens is 386 g/mol. The molecule has 0 unspecified atom stereocenters. The normalized spacial score (nSPS) is 14.6. The first-order chi connectivity index (χ1) is 14.8. The third-order valence-corrected chi connectivity index (χ3v) is 6.93. The largest absolute Gasteiger partial charge is 0.339 e. The Morgan fingerprint density at radius 2 is 1.27 bits per heavy atom. The standard InChI is InChI=1S/C27H29NOS/c29-27(28-17-15-23(16-18-28)19-22-7-3-1-4-8-22)26-13-11-25(12-14-26)21-30-20-24-9-5-2-6-10-24/h1-14,23H,15-21H2. The Hall–Kier alpha value is -2.52. The van der Waals surface area contributed by atoms with E-state index in [0.29, 0.717) is 5.92 Å². The molecule has 30 heavy (non-hydrogen) atoms. The number of nitrogens with zero attached hydrogens (tertiary/aromatic N) is 1. The Kier molecular flexibility index (Phi) is 7.25. The van der Waals surface area contributed by atoms with Crippen LogP contribution in [0.5, 0.6) is 0 Å². The van der Waals surface area contributed by atoms with Crippen LogP contribution < -0.4 is 0 Å². The van der Waals surface area contributed by atoms with E-state index in [0.717, 1.165) is 49.4 Å². The number of carbonyl (C=O) groups excluding carboxylic acids is 1. The van der Waals surface area contributed by atoms with Gasteiger partial charge in [0, 0.05) is 30.2 Å². The summed E-state index contributed by atoms with van der Waals surface area (Å²) in [6.45, 7) is 1.73. The molecule has 1 aliphatic rings. The predicted molar refractivity (Wildman–Crippen MR) is 127 cm³/mol. The third kappa shape index (κ3) is 5.76. The van der Waals surface area contributed by atoms with Gasteiger partial charge in [0.15, 0.2) is 0 Å². The van der Waals surface area contributed by atoms with E-state index in [-0.39, 0.29) is 5.91 Å². The van der Waals surface area contributed by atoms with Crippen LogP contribution in [0.2, 0.25) is 0 Å². The van der Waals surface area contributed by atoms with Gasteiger partial charge >= 0.3 is 0 Å². The number of benzene rings is 3. The highest BCUT2D eigenvalue weighted by molar-refractivity contribution is 7.97. The van der Waals surface area contributed by atoms with Gasteiger partial charge in [-0.15, -0.1) is 0 Å². The molecule has 3 aromatic rings. The van der Waals surface area contributed by atoms with Gasteiger partial charge in [0.25, 0.3) is 5.91 Å². The van der Waals surface area contributed by atoms with Crippen LogP contribution in [-0.4, -0.2) is 23.9 Å². The average Bonchev–Trinajstić information content (AvgIpc) is 2.81. The zero-order valence-corrected chi connectivity index (χ0v) is 18.2. The number of hydrogen-bond donors (Lipinski definition) is 0. The average molecular weight is 416 g/mol. The van der Waals surface area contributed by atoms with Gasteiger partial charge in [0.2, 0.25) is 0 Å². The van der Waals surface area contributed by atoms with Crippen molar-refractivity contribution in [2.45, 2.75) is 30.8 Å². The molecular formula is C27H29NOS. The molecule has 0 N–H and O–H groups in total. The second-order valence-electron chi connectivity index (χ2n) is 8.10. The summed E-state index contributed by atoms with van der Waals surface area (Å²) in [6.07, 6.45) is 3.31. The molecule has 1 fully saturated rings. The first-order valence-electron chi connectivity index (χ1n) is 10.8. The van der Waals surface area contributed by atoms with E-state index in [1.807, 2.05) is 28.8 Å². The first-order valence-corrected chi connectivity index (χ1v) is 12.0. The van der Waals surface area contributed by atoms with Crippen LogP contribution >= 0.6 is 11.8 Å². The maximum Gasteiger partial charge on any atom is 0.253 e. The fourth-order valence-corrected chi connectivity index (χ4v) is 5.03. The summed E-state index contributed by atoms with van der Waals surface area (Å²) in [5.74, 6) is 2.84. The van der Waals surface area contributed by atoms with Crippen molar-refractivity contribution < 1.29 is 4.79 Å². The van der Waals surface area contributed by atoms with Crippen molar-refractivity contribution in [1.29, 1.82) is 0 Å². The van der Waals surface area contributed by atoms with Crippen LogP contribution in [0.1, 0.15) is 39.9 Å². The number of carbonyl (C=O) groups is 1. The number of piperidine rings is 1. The summed E-state index contributed by atoms with van der Waals surface area (Å²) >= 11 is 1.91. The third-order valence-electron chi connectivity index (χ3n) is 5.85. The van der Waals surface area contributed by atoms with Gasteiger partial charge in [-0.1, -0.05) is 72.8 Å². The van der Waals surface area contributed by atoms with Crippen LogP contribution in [-0.2, 0) is 17.9 Å². The molecule has 1 saturated heterocycles. The summed E-state index contributed by atoms with van der Waals surface area (Å²) in [5.41, 5.74) is 4.84. The highest BCUT2D eigenvalue weighted by Crippen LogP contribution is 2.23. The van der Waals surface area contributed by atoms with E-state index in [1.165, 1.54) is 16.7 Å². The minimum absolute atomic E-state index is 0.177. The minimum Gasteiger partial charge on any atom is -0.339 e. The number of rotatable bonds is 7. The number of thioether (sulfide) groups is 1. The molecule has 0 atom stereocenters. The van der Waals surface area contributed by atoms with Gasteiger partial charge in [-0.2, -0.15) is 11.8 Å². The molecule has 1 amide bonds. The lowest BCUT2D eigenvalue weighted by atomic mass is 9.90. The number of hydrogen-bond acceptors (Lipinski definition) is 2. The maximum atomic E-state index is 12.9. The van der Waals surface area contributed by atoms with Crippen LogP contribution in [0.15, 0.2) is 84.9 Å². The quantitative estimate of drug-likeness (QED) is 0.457. The smallest absolute Gasteiger partial charge is 0.253 e. The molecule has 1 aliphatic heterocycles. The second-order valence-corrected chi connectivity index (χ2v) is 9.09. The van der Waals surface area contributed by atoms with Crippen molar-refractivity contribution in [3.05, 3.63) is 107 Å². The maximum absolute atomic E-state index is 12.9. The molecule has 0 saturated carbocycles. The molecule has 0 radical (unpaired) electrons. The van der Waals surface area contributed by atoms with Gasteiger partial charge in [-0.05, 0) is 54.0 Å². The molecule has 3 heteroatoms. The van der Waals surface area contributed by atoms with E-state index in [2.05, 4.69) is 72.8 Å². The Morgan fingerprint density at radius 1 is 0.733 bits per heavy atom. The Bertz CT molecular complexity index is 916.